The third kappa shape index (κ3) is 3.79. The summed E-state index contributed by atoms with van der Waals surface area (Å²) >= 11 is 0. The Kier molecular flexibility index (Phi) is 5.12. The van der Waals surface area contributed by atoms with Crippen LogP contribution in [0.1, 0.15) is 55.7 Å². The molecule has 0 heterocycles. The minimum absolute atomic E-state index is 0.239. The van der Waals surface area contributed by atoms with Crippen molar-refractivity contribution in [2.75, 3.05) is 0 Å². The minimum atomic E-state index is -0.899. The summed E-state index contributed by atoms with van der Waals surface area (Å²) < 4.78 is 13.2. The fraction of sp³-hybridized carbons (Fsp3) is 0.562. The van der Waals surface area contributed by atoms with Gasteiger partial charge in [0, 0.05) is 6.04 Å². The Bertz CT molecular complexity index is 468. The molecule has 2 rings (SSSR count). The average Bonchev–Trinajstić information content (AvgIpc) is 2.65. The van der Waals surface area contributed by atoms with E-state index in [-0.39, 0.29) is 11.9 Å². The van der Waals surface area contributed by atoms with E-state index in [1.807, 2.05) is 0 Å². The maximum Gasteiger partial charge on any atom is 0.325 e. The molecule has 1 aliphatic carbocycles. The molecule has 20 heavy (non-hydrogen) atoms. The number of carboxylic acid groups (broad SMARTS) is 1. The molecule has 1 fully saturated rings. The van der Waals surface area contributed by atoms with Gasteiger partial charge in [0.2, 0.25) is 0 Å². The summed E-state index contributed by atoms with van der Waals surface area (Å²) in [5.41, 5.74) is 1.33. The van der Waals surface area contributed by atoms with Crippen molar-refractivity contribution in [2.45, 2.75) is 57.5 Å². The van der Waals surface area contributed by atoms with Crippen LogP contribution in [0.25, 0.3) is 0 Å². The first-order valence-corrected chi connectivity index (χ1v) is 7.33. The Hall–Kier alpha value is -1.42. The van der Waals surface area contributed by atoms with Gasteiger partial charge in [-0.05, 0) is 43.0 Å². The second-order valence-corrected chi connectivity index (χ2v) is 5.63. The van der Waals surface area contributed by atoms with Crippen molar-refractivity contribution in [1.82, 2.24) is 5.32 Å². The topological polar surface area (TPSA) is 49.3 Å². The second kappa shape index (κ2) is 6.84. The van der Waals surface area contributed by atoms with Gasteiger partial charge in [0.05, 0.1) is 0 Å². The number of hydrogen-bond donors (Lipinski definition) is 2. The van der Waals surface area contributed by atoms with Crippen molar-refractivity contribution >= 4 is 5.97 Å². The highest BCUT2D eigenvalue weighted by Gasteiger charge is 2.25. The Morgan fingerprint density at radius 3 is 2.50 bits per heavy atom. The molecule has 1 saturated carbocycles. The van der Waals surface area contributed by atoms with Gasteiger partial charge in [0.1, 0.15) is 11.9 Å². The number of nitrogens with one attached hydrogen (secondary N) is 1. The lowest BCUT2D eigenvalue weighted by Gasteiger charge is -2.23. The highest BCUT2D eigenvalue weighted by atomic mass is 19.1. The van der Waals surface area contributed by atoms with Crippen LogP contribution in [0, 0.1) is 12.7 Å². The van der Waals surface area contributed by atoms with Gasteiger partial charge in [0.15, 0.2) is 0 Å². The van der Waals surface area contributed by atoms with Crippen LogP contribution in [0.2, 0.25) is 0 Å². The van der Waals surface area contributed by atoms with E-state index in [9.17, 15) is 14.3 Å². The van der Waals surface area contributed by atoms with E-state index >= 15 is 0 Å². The Morgan fingerprint density at radius 1 is 1.30 bits per heavy atom. The van der Waals surface area contributed by atoms with E-state index in [0.717, 1.165) is 25.7 Å². The van der Waals surface area contributed by atoms with Crippen LogP contribution in [0.3, 0.4) is 0 Å². The summed E-state index contributed by atoms with van der Waals surface area (Å²) in [6.07, 6.45) is 6.78. The molecular weight excluding hydrogens is 257 g/mol. The number of hydrogen-bond acceptors (Lipinski definition) is 2. The molecule has 1 atom stereocenters. The predicted molar refractivity (Wildman–Crippen MR) is 76.1 cm³/mol. The van der Waals surface area contributed by atoms with Crippen LogP contribution >= 0.6 is 0 Å². The van der Waals surface area contributed by atoms with Gasteiger partial charge in [0.25, 0.3) is 0 Å². The third-order valence-corrected chi connectivity index (χ3v) is 4.05. The van der Waals surface area contributed by atoms with E-state index in [1.165, 1.54) is 25.0 Å². The summed E-state index contributed by atoms with van der Waals surface area (Å²) in [5.74, 6) is -1.23. The van der Waals surface area contributed by atoms with Gasteiger partial charge in [-0.25, -0.2) is 4.39 Å². The largest absolute Gasteiger partial charge is 0.480 e. The molecule has 0 saturated heterocycles. The first-order valence-electron chi connectivity index (χ1n) is 7.33. The zero-order chi connectivity index (χ0) is 14.5. The molecule has 1 aromatic carbocycles. The van der Waals surface area contributed by atoms with E-state index in [2.05, 4.69) is 5.32 Å². The maximum atomic E-state index is 13.2. The quantitative estimate of drug-likeness (QED) is 0.828. The lowest BCUT2D eigenvalue weighted by molar-refractivity contribution is -0.140. The van der Waals surface area contributed by atoms with E-state index < -0.39 is 12.0 Å². The molecule has 110 valence electrons. The number of benzene rings is 1. The van der Waals surface area contributed by atoms with Crippen LogP contribution in [0.15, 0.2) is 18.2 Å². The van der Waals surface area contributed by atoms with Gasteiger partial charge < -0.3 is 5.11 Å². The monoisotopic (exact) mass is 279 g/mol. The Balaban J connectivity index is 2.15. The number of rotatable bonds is 4. The third-order valence-electron chi connectivity index (χ3n) is 4.05. The Morgan fingerprint density at radius 2 is 1.95 bits per heavy atom. The van der Waals surface area contributed by atoms with E-state index in [1.54, 1.807) is 13.0 Å². The van der Waals surface area contributed by atoms with Crippen molar-refractivity contribution < 1.29 is 14.3 Å². The molecule has 0 amide bonds. The maximum absolute atomic E-state index is 13.2. The number of halogens is 1. The van der Waals surface area contributed by atoms with Gasteiger partial charge in [-0.2, -0.15) is 0 Å². The van der Waals surface area contributed by atoms with Gasteiger partial charge in [-0.15, -0.1) is 0 Å². The summed E-state index contributed by atoms with van der Waals surface area (Å²) in [4.78, 5) is 11.5. The molecule has 1 aromatic rings. The minimum Gasteiger partial charge on any atom is -0.480 e. The summed E-state index contributed by atoms with van der Waals surface area (Å²) in [7, 11) is 0. The van der Waals surface area contributed by atoms with E-state index in [0.29, 0.717) is 11.1 Å². The number of aryl methyl sites for hydroxylation is 1. The molecule has 0 aliphatic heterocycles. The van der Waals surface area contributed by atoms with Crippen molar-refractivity contribution in [3.8, 4) is 0 Å². The van der Waals surface area contributed by atoms with Gasteiger partial charge in [-0.1, -0.05) is 31.7 Å². The summed E-state index contributed by atoms with van der Waals surface area (Å²) in [5, 5.41) is 12.7. The number of carboxylic acids is 1. The number of carbonyl (C=O) groups is 1. The molecule has 2 N–H and O–H groups in total. The summed E-state index contributed by atoms with van der Waals surface area (Å²) in [6, 6.07) is 3.78. The van der Waals surface area contributed by atoms with Crippen LogP contribution < -0.4 is 5.32 Å². The smallest absolute Gasteiger partial charge is 0.325 e. The lowest BCUT2D eigenvalue weighted by Crippen LogP contribution is -2.37. The SMILES string of the molecule is Cc1cc(F)ccc1C(NC1CCCCCC1)C(=O)O. The standard InChI is InChI=1S/C16H22FNO2/c1-11-10-12(17)8-9-14(11)15(16(19)20)18-13-6-4-2-3-5-7-13/h8-10,13,15,18H,2-7H2,1H3,(H,19,20). The highest BCUT2D eigenvalue weighted by Crippen LogP contribution is 2.23. The van der Waals surface area contributed by atoms with Crippen LogP contribution in [0.5, 0.6) is 0 Å². The normalized spacial score (nSPS) is 18.5. The predicted octanol–water partition coefficient (Wildman–Crippen LogP) is 3.57. The number of aliphatic carboxylic acids is 1. The van der Waals surface area contributed by atoms with Crippen LogP contribution in [-0.4, -0.2) is 17.1 Å². The first kappa shape index (κ1) is 15.0. The molecule has 0 aromatic heterocycles. The molecule has 4 heteroatoms. The van der Waals surface area contributed by atoms with Crippen molar-refractivity contribution in [1.29, 1.82) is 0 Å². The molecular formula is C16H22FNO2. The molecule has 0 radical (unpaired) electrons. The van der Waals surface area contributed by atoms with Crippen LogP contribution in [0.4, 0.5) is 4.39 Å². The Labute approximate surface area is 119 Å². The van der Waals surface area contributed by atoms with Gasteiger partial charge >= 0.3 is 5.97 Å². The van der Waals surface area contributed by atoms with Crippen molar-refractivity contribution in [3.63, 3.8) is 0 Å². The van der Waals surface area contributed by atoms with Crippen LogP contribution in [-0.2, 0) is 4.79 Å². The average molecular weight is 279 g/mol. The molecule has 3 nitrogen and oxygen atoms in total. The molecule has 0 bridgehead atoms. The zero-order valence-electron chi connectivity index (χ0n) is 11.9. The molecule has 1 unspecified atom stereocenters. The van der Waals surface area contributed by atoms with Gasteiger partial charge in [-0.3, -0.25) is 10.1 Å². The molecule has 1 aliphatic rings. The fourth-order valence-electron chi connectivity index (χ4n) is 2.94. The highest BCUT2D eigenvalue weighted by molar-refractivity contribution is 5.76. The van der Waals surface area contributed by atoms with Crippen molar-refractivity contribution in [2.24, 2.45) is 0 Å². The lowest BCUT2D eigenvalue weighted by atomic mass is 9.99. The second-order valence-electron chi connectivity index (χ2n) is 5.63. The zero-order valence-corrected chi connectivity index (χ0v) is 11.9. The first-order chi connectivity index (χ1) is 9.58. The molecule has 0 spiro atoms. The summed E-state index contributed by atoms with van der Waals surface area (Å²) in [6.45, 7) is 1.75. The van der Waals surface area contributed by atoms with E-state index in [4.69, 9.17) is 0 Å². The fourth-order valence-corrected chi connectivity index (χ4v) is 2.94. The van der Waals surface area contributed by atoms with Crippen molar-refractivity contribution in [3.05, 3.63) is 35.1 Å².